The third-order valence-electron chi connectivity index (χ3n) is 4.91. The van der Waals surface area contributed by atoms with Crippen LogP contribution in [0.1, 0.15) is 28.8 Å². The van der Waals surface area contributed by atoms with Crippen molar-refractivity contribution in [3.8, 4) is 0 Å². The maximum Gasteiger partial charge on any atom is 0.417 e. The van der Waals surface area contributed by atoms with Crippen LogP contribution < -0.4 is 15.4 Å². The van der Waals surface area contributed by atoms with E-state index in [0.29, 0.717) is 12.3 Å². The van der Waals surface area contributed by atoms with E-state index in [4.69, 9.17) is 5.14 Å². The summed E-state index contributed by atoms with van der Waals surface area (Å²) in [6, 6.07) is 2.53. The summed E-state index contributed by atoms with van der Waals surface area (Å²) in [4.78, 5) is 21.1. The molecule has 1 aliphatic rings. The van der Waals surface area contributed by atoms with Gasteiger partial charge in [0.05, 0.1) is 17.0 Å². The smallest absolute Gasteiger partial charge is 0.355 e. The average molecular weight is 497 g/mol. The minimum absolute atomic E-state index is 0.0516. The summed E-state index contributed by atoms with van der Waals surface area (Å²) in [6.45, 7) is -0.525. The molecule has 3 rings (SSSR count). The predicted octanol–water partition coefficient (Wildman–Crippen LogP) is 3.17. The highest BCUT2D eigenvalue weighted by molar-refractivity contribution is 7.89. The zero-order valence-electron chi connectivity index (χ0n) is 16.6. The van der Waals surface area contributed by atoms with E-state index in [0.717, 1.165) is 23.2 Å². The van der Waals surface area contributed by atoms with Gasteiger partial charge in [0.15, 0.2) is 5.03 Å². The van der Waals surface area contributed by atoms with Crippen LogP contribution in [-0.4, -0.2) is 43.6 Å². The first-order valence-electron chi connectivity index (χ1n) is 9.35. The van der Waals surface area contributed by atoms with Gasteiger partial charge in [-0.25, -0.2) is 23.5 Å². The van der Waals surface area contributed by atoms with Gasteiger partial charge in [-0.15, -0.1) is 0 Å². The van der Waals surface area contributed by atoms with Crippen LogP contribution in [0.4, 0.5) is 37.8 Å². The Kier molecular flexibility index (Phi) is 6.57. The van der Waals surface area contributed by atoms with Crippen LogP contribution >= 0.6 is 0 Å². The van der Waals surface area contributed by atoms with Crippen LogP contribution in [0.3, 0.4) is 0 Å². The second-order valence-corrected chi connectivity index (χ2v) is 8.81. The van der Waals surface area contributed by atoms with Gasteiger partial charge in [0.1, 0.15) is 5.82 Å². The highest BCUT2D eigenvalue weighted by Crippen LogP contribution is 2.37. The van der Waals surface area contributed by atoms with Crippen LogP contribution in [-0.2, 0) is 16.2 Å². The third-order valence-corrected chi connectivity index (χ3v) is 5.71. The number of hydrogen-bond donors (Lipinski definition) is 2. The SMILES string of the molecule is NS(=O)(=O)c1cc(NC(=O)c2cc(C(F)(F)F)cnc2N2CCC[C@H](C(F)(F)F)C2)ccn1. The molecule has 0 radical (unpaired) electrons. The summed E-state index contributed by atoms with van der Waals surface area (Å²) >= 11 is 0. The van der Waals surface area contributed by atoms with Crippen LogP contribution in [0.5, 0.6) is 0 Å². The fraction of sp³-hybridized carbons (Fsp3) is 0.389. The van der Waals surface area contributed by atoms with E-state index >= 15 is 0 Å². The van der Waals surface area contributed by atoms with Gasteiger partial charge in [-0.3, -0.25) is 4.79 Å². The van der Waals surface area contributed by atoms with Crippen molar-refractivity contribution in [1.29, 1.82) is 0 Å². The molecule has 0 unspecified atom stereocenters. The summed E-state index contributed by atoms with van der Waals surface area (Å²) in [7, 11) is -4.24. The zero-order chi connectivity index (χ0) is 24.6. The van der Waals surface area contributed by atoms with Crippen LogP contribution in [0.25, 0.3) is 0 Å². The number of hydrogen-bond acceptors (Lipinski definition) is 6. The molecule has 1 amide bonds. The molecule has 2 aromatic rings. The van der Waals surface area contributed by atoms with E-state index in [1.807, 2.05) is 0 Å². The first-order valence-corrected chi connectivity index (χ1v) is 10.9. The summed E-state index contributed by atoms with van der Waals surface area (Å²) < 4.78 is 102. The molecule has 15 heteroatoms. The summed E-state index contributed by atoms with van der Waals surface area (Å²) in [5.74, 6) is -3.22. The highest BCUT2D eigenvalue weighted by atomic mass is 32.2. The molecule has 180 valence electrons. The maximum absolute atomic E-state index is 13.2. The fourth-order valence-electron chi connectivity index (χ4n) is 3.31. The van der Waals surface area contributed by atoms with Crippen molar-refractivity contribution in [2.24, 2.45) is 11.1 Å². The number of anilines is 2. The Bertz CT molecular complexity index is 1150. The first kappa shape index (κ1) is 24.7. The van der Waals surface area contributed by atoms with Crippen molar-refractivity contribution in [2.45, 2.75) is 30.2 Å². The number of piperidine rings is 1. The molecule has 0 aliphatic carbocycles. The number of rotatable bonds is 4. The van der Waals surface area contributed by atoms with Gasteiger partial charge in [-0.05, 0) is 25.0 Å². The zero-order valence-corrected chi connectivity index (χ0v) is 17.4. The number of carbonyl (C=O) groups is 1. The number of pyridine rings is 2. The molecular formula is C18H17F6N5O3S. The lowest BCUT2D eigenvalue weighted by Gasteiger charge is -2.35. The minimum atomic E-state index is -4.87. The summed E-state index contributed by atoms with van der Waals surface area (Å²) in [5, 5.41) is 6.58. The van der Waals surface area contributed by atoms with E-state index < -0.39 is 56.9 Å². The number of sulfonamides is 1. The van der Waals surface area contributed by atoms with Crippen LogP contribution in [0.15, 0.2) is 35.6 Å². The molecule has 1 aliphatic heterocycles. The molecule has 3 heterocycles. The fourth-order valence-corrected chi connectivity index (χ4v) is 3.81. The molecule has 0 spiro atoms. The molecule has 33 heavy (non-hydrogen) atoms. The average Bonchev–Trinajstić information content (AvgIpc) is 2.71. The summed E-state index contributed by atoms with van der Waals surface area (Å²) in [6.07, 6.45) is -8.01. The Morgan fingerprint density at radius 1 is 1.15 bits per heavy atom. The second-order valence-electron chi connectivity index (χ2n) is 7.30. The number of amides is 1. The molecule has 1 atom stereocenters. The Hall–Kier alpha value is -2.94. The van der Waals surface area contributed by atoms with Crippen molar-refractivity contribution in [1.82, 2.24) is 9.97 Å². The van der Waals surface area contributed by atoms with Gasteiger partial charge in [0.25, 0.3) is 15.9 Å². The number of nitrogens with zero attached hydrogens (tertiary/aromatic N) is 3. The minimum Gasteiger partial charge on any atom is -0.355 e. The van der Waals surface area contributed by atoms with Gasteiger partial charge >= 0.3 is 12.4 Å². The molecule has 0 aromatic carbocycles. The van der Waals surface area contributed by atoms with Gasteiger partial charge in [0.2, 0.25) is 0 Å². The van der Waals surface area contributed by atoms with Crippen LogP contribution in [0, 0.1) is 5.92 Å². The highest BCUT2D eigenvalue weighted by Gasteiger charge is 2.43. The lowest BCUT2D eigenvalue weighted by atomic mass is 9.97. The molecular weight excluding hydrogens is 480 g/mol. The number of aromatic nitrogens is 2. The molecule has 1 saturated heterocycles. The molecule has 8 nitrogen and oxygen atoms in total. The normalized spacial score (nSPS) is 17.7. The predicted molar refractivity (Wildman–Crippen MR) is 104 cm³/mol. The van der Waals surface area contributed by atoms with Gasteiger partial charge in [-0.2, -0.15) is 26.3 Å². The third kappa shape index (κ3) is 5.90. The quantitative estimate of drug-likeness (QED) is 0.627. The number of alkyl halides is 6. The molecule has 0 bridgehead atoms. The number of carbonyl (C=O) groups excluding carboxylic acids is 1. The molecule has 2 aromatic heterocycles. The van der Waals surface area contributed by atoms with Gasteiger partial charge in [-0.1, -0.05) is 0 Å². The van der Waals surface area contributed by atoms with E-state index in [1.54, 1.807) is 0 Å². The standard InChI is InChI=1S/C18H17F6N5O3S/c19-17(20,21)10-2-1-5-29(9-10)15-13(6-11(8-27-15)18(22,23)24)16(30)28-12-3-4-26-14(7-12)33(25,31)32/h3-4,6-8,10H,1-2,5,9H2,(H2,25,31,32)(H,26,28,30)/t10-/m0/s1. The first-order chi connectivity index (χ1) is 15.2. The van der Waals surface area contributed by atoms with E-state index in [2.05, 4.69) is 15.3 Å². The topological polar surface area (TPSA) is 118 Å². The van der Waals surface area contributed by atoms with Crippen LogP contribution in [0.2, 0.25) is 0 Å². The summed E-state index contributed by atoms with van der Waals surface area (Å²) in [5.41, 5.74) is -2.06. The monoisotopic (exact) mass is 497 g/mol. The Morgan fingerprint density at radius 2 is 1.85 bits per heavy atom. The number of nitrogens with two attached hydrogens (primary N) is 1. The second kappa shape index (κ2) is 8.78. The van der Waals surface area contributed by atoms with Crippen molar-refractivity contribution >= 4 is 27.4 Å². The Morgan fingerprint density at radius 3 is 2.45 bits per heavy atom. The van der Waals surface area contributed by atoms with Gasteiger partial charge in [0, 0.05) is 37.2 Å². The number of primary sulfonamides is 1. The number of nitrogens with one attached hydrogen (secondary N) is 1. The van der Waals surface area contributed by atoms with E-state index in [9.17, 15) is 39.6 Å². The number of halogens is 6. The largest absolute Gasteiger partial charge is 0.417 e. The lowest BCUT2D eigenvalue weighted by Crippen LogP contribution is -2.42. The Balaban J connectivity index is 1.99. The van der Waals surface area contributed by atoms with E-state index in [-0.39, 0.29) is 30.9 Å². The lowest BCUT2D eigenvalue weighted by molar-refractivity contribution is -0.176. The van der Waals surface area contributed by atoms with Crippen molar-refractivity contribution in [3.63, 3.8) is 0 Å². The van der Waals surface area contributed by atoms with Crippen molar-refractivity contribution < 1.29 is 39.6 Å². The molecule has 0 saturated carbocycles. The molecule has 3 N–H and O–H groups in total. The maximum atomic E-state index is 13.2. The van der Waals surface area contributed by atoms with Crippen molar-refractivity contribution in [3.05, 3.63) is 41.7 Å². The van der Waals surface area contributed by atoms with Crippen molar-refractivity contribution in [2.75, 3.05) is 23.3 Å². The van der Waals surface area contributed by atoms with Gasteiger partial charge < -0.3 is 10.2 Å². The molecule has 1 fully saturated rings. The Labute approximate surface area is 183 Å². The van der Waals surface area contributed by atoms with E-state index in [1.165, 1.54) is 0 Å².